The van der Waals surface area contributed by atoms with Gasteiger partial charge in [0.15, 0.2) is 0 Å². The van der Waals surface area contributed by atoms with Gasteiger partial charge in [0.25, 0.3) is 0 Å². The molecule has 0 aliphatic carbocycles. The minimum Gasteiger partial charge on any atom is -0.366 e. The fourth-order valence-electron chi connectivity index (χ4n) is 1.27. The van der Waals surface area contributed by atoms with Crippen molar-refractivity contribution in [2.75, 3.05) is 40.0 Å². The van der Waals surface area contributed by atoms with E-state index in [0.29, 0.717) is 0 Å². The summed E-state index contributed by atoms with van der Waals surface area (Å²) in [5.74, 6) is 0. The maximum Gasteiger partial charge on any atom is 0.0990 e. The van der Waals surface area contributed by atoms with Crippen LogP contribution in [0.4, 0.5) is 0 Å². The van der Waals surface area contributed by atoms with E-state index >= 15 is 0 Å². The van der Waals surface area contributed by atoms with E-state index in [1.807, 2.05) is 7.05 Å². The van der Waals surface area contributed by atoms with Crippen molar-refractivity contribution in [3.05, 3.63) is 0 Å². The normalized spacial score (nSPS) is 11.1. The number of nitrogens with zero attached hydrogens (tertiary/aromatic N) is 1. The first kappa shape index (κ1) is 13.9. The average Bonchev–Trinajstić information content (AvgIpc) is 2.20. The van der Waals surface area contributed by atoms with Crippen molar-refractivity contribution in [3.8, 4) is 0 Å². The predicted octanol–water partition coefficient (Wildman–Crippen LogP) is 1.69. The molecule has 0 amide bonds. The molecule has 0 aliphatic heterocycles. The Kier molecular flexibility index (Phi) is 10.9. The summed E-state index contributed by atoms with van der Waals surface area (Å²) in [6.07, 6.45) is 3.58. The SMILES string of the molecule is CCCCOCN(CCC)CCNC. The molecule has 0 saturated carbocycles. The highest BCUT2D eigenvalue weighted by Gasteiger charge is 2.01. The lowest BCUT2D eigenvalue weighted by atomic mass is 10.4. The summed E-state index contributed by atoms with van der Waals surface area (Å²) in [6.45, 7) is 9.33. The molecule has 0 atom stereocenters. The maximum absolute atomic E-state index is 5.58. The van der Waals surface area contributed by atoms with Crippen LogP contribution in [0.1, 0.15) is 33.1 Å². The van der Waals surface area contributed by atoms with E-state index in [1.54, 1.807) is 0 Å². The highest BCUT2D eigenvalue weighted by Crippen LogP contribution is 1.94. The standard InChI is InChI=1S/C11H26N2O/c1-4-6-10-14-11-13(8-5-2)9-7-12-3/h12H,4-11H2,1-3H3. The predicted molar refractivity (Wildman–Crippen MR) is 61.5 cm³/mol. The zero-order valence-electron chi connectivity index (χ0n) is 10.0. The van der Waals surface area contributed by atoms with Gasteiger partial charge in [-0.15, -0.1) is 0 Å². The molecule has 0 heterocycles. The number of unbranched alkanes of at least 4 members (excludes halogenated alkanes) is 1. The molecular formula is C11H26N2O. The van der Waals surface area contributed by atoms with Gasteiger partial charge < -0.3 is 10.1 Å². The third-order valence-corrected chi connectivity index (χ3v) is 2.13. The van der Waals surface area contributed by atoms with E-state index in [2.05, 4.69) is 24.1 Å². The quantitative estimate of drug-likeness (QED) is 0.431. The Labute approximate surface area is 88.8 Å². The Balaban J connectivity index is 3.40. The Morgan fingerprint density at radius 1 is 1.14 bits per heavy atom. The molecule has 14 heavy (non-hydrogen) atoms. The van der Waals surface area contributed by atoms with Crippen LogP contribution in [0.15, 0.2) is 0 Å². The molecule has 0 rings (SSSR count). The van der Waals surface area contributed by atoms with Crippen LogP contribution < -0.4 is 5.32 Å². The highest BCUT2D eigenvalue weighted by molar-refractivity contribution is 4.53. The average molecular weight is 202 g/mol. The summed E-state index contributed by atoms with van der Waals surface area (Å²) in [5, 5.41) is 3.16. The van der Waals surface area contributed by atoms with Gasteiger partial charge in [0.1, 0.15) is 0 Å². The van der Waals surface area contributed by atoms with E-state index in [0.717, 1.165) is 33.0 Å². The molecule has 0 aliphatic rings. The highest BCUT2D eigenvalue weighted by atomic mass is 16.5. The number of nitrogens with one attached hydrogen (secondary N) is 1. The van der Waals surface area contributed by atoms with Crippen LogP contribution >= 0.6 is 0 Å². The van der Waals surface area contributed by atoms with E-state index < -0.39 is 0 Å². The molecule has 0 unspecified atom stereocenters. The number of hydrogen-bond acceptors (Lipinski definition) is 3. The summed E-state index contributed by atoms with van der Waals surface area (Å²) in [7, 11) is 1.99. The zero-order chi connectivity index (χ0) is 10.6. The first-order valence-corrected chi connectivity index (χ1v) is 5.79. The van der Waals surface area contributed by atoms with Gasteiger partial charge in [-0.05, 0) is 19.9 Å². The van der Waals surface area contributed by atoms with Gasteiger partial charge in [0.05, 0.1) is 6.73 Å². The van der Waals surface area contributed by atoms with Crippen LogP contribution in [0.3, 0.4) is 0 Å². The Hall–Kier alpha value is -0.120. The number of likely N-dealkylation sites (N-methyl/N-ethyl adjacent to an activating group) is 1. The molecule has 0 aromatic rings. The molecule has 0 spiro atoms. The Morgan fingerprint density at radius 2 is 1.93 bits per heavy atom. The van der Waals surface area contributed by atoms with Crippen LogP contribution in [-0.2, 0) is 4.74 Å². The second kappa shape index (κ2) is 11.0. The molecule has 3 nitrogen and oxygen atoms in total. The number of ether oxygens (including phenoxy) is 1. The van der Waals surface area contributed by atoms with Gasteiger partial charge in [-0.3, -0.25) is 4.90 Å². The summed E-state index contributed by atoms with van der Waals surface area (Å²) in [6, 6.07) is 0. The lowest BCUT2D eigenvalue weighted by Crippen LogP contribution is -2.33. The molecule has 0 fully saturated rings. The molecule has 0 saturated heterocycles. The zero-order valence-corrected chi connectivity index (χ0v) is 10.0. The molecule has 1 N–H and O–H groups in total. The Bertz CT molecular complexity index is 109. The van der Waals surface area contributed by atoms with Crippen molar-refractivity contribution >= 4 is 0 Å². The molecule has 86 valence electrons. The first-order valence-electron chi connectivity index (χ1n) is 5.79. The minimum absolute atomic E-state index is 0.787. The van der Waals surface area contributed by atoms with Gasteiger partial charge in [-0.2, -0.15) is 0 Å². The Morgan fingerprint density at radius 3 is 2.50 bits per heavy atom. The maximum atomic E-state index is 5.58. The summed E-state index contributed by atoms with van der Waals surface area (Å²) >= 11 is 0. The third-order valence-electron chi connectivity index (χ3n) is 2.13. The van der Waals surface area contributed by atoms with E-state index in [-0.39, 0.29) is 0 Å². The lowest BCUT2D eigenvalue weighted by molar-refractivity contribution is 0.0280. The molecule has 0 aromatic carbocycles. The van der Waals surface area contributed by atoms with Crippen molar-refractivity contribution in [3.63, 3.8) is 0 Å². The summed E-state index contributed by atoms with van der Waals surface area (Å²) in [5.41, 5.74) is 0. The van der Waals surface area contributed by atoms with Crippen molar-refractivity contribution in [2.24, 2.45) is 0 Å². The van der Waals surface area contributed by atoms with E-state index in [1.165, 1.54) is 19.3 Å². The van der Waals surface area contributed by atoms with Crippen molar-refractivity contribution in [1.29, 1.82) is 0 Å². The monoisotopic (exact) mass is 202 g/mol. The second-order valence-corrected chi connectivity index (χ2v) is 3.61. The first-order chi connectivity index (χ1) is 6.85. The molecule has 3 heteroatoms. The molecular weight excluding hydrogens is 176 g/mol. The number of hydrogen-bond donors (Lipinski definition) is 1. The van der Waals surface area contributed by atoms with Gasteiger partial charge in [-0.1, -0.05) is 20.3 Å². The van der Waals surface area contributed by atoms with Gasteiger partial charge in [0.2, 0.25) is 0 Å². The largest absolute Gasteiger partial charge is 0.366 e. The third kappa shape index (κ3) is 8.48. The topological polar surface area (TPSA) is 24.5 Å². The molecule has 0 radical (unpaired) electrons. The van der Waals surface area contributed by atoms with Crippen LogP contribution in [0, 0.1) is 0 Å². The van der Waals surface area contributed by atoms with E-state index in [9.17, 15) is 0 Å². The lowest BCUT2D eigenvalue weighted by Gasteiger charge is -2.21. The van der Waals surface area contributed by atoms with Crippen molar-refractivity contribution in [2.45, 2.75) is 33.1 Å². The van der Waals surface area contributed by atoms with Gasteiger partial charge in [0, 0.05) is 26.2 Å². The minimum atomic E-state index is 0.787. The number of rotatable bonds is 10. The van der Waals surface area contributed by atoms with Crippen molar-refractivity contribution < 1.29 is 4.74 Å². The molecule has 0 aromatic heterocycles. The van der Waals surface area contributed by atoms with Crippen LogP contribution in [-0.4, -0.2) is 44.9 Å². The van der Waals surface area contributed by atoms with E-state index in [4.69, 9.17) is 4.74 Å². The smallest absolute Gasteiger partial charge is 0.0990 e. The fourth-order valence-corrected chi connectivity index (χ4v) is 1.27. The van der Waals surface area contributed by atoms with Gasteiger partial charge >= 0.3 is 0 Å². The van der Waals surface area contributed by atoms with Crippen LogP contribution in [0.25, 0.3) is 0 Å². The van der Waals surface area contributed by atoms with Crippen LogP contribution in [0.2, 0.25) is 0 Å². The van der Waals surface area contributed by atoms with Crippen molar-refractivity contribution in [1.82, 2.24) is 10.2 Å². The summed E-state index contributed by atoms with van der Waals surface area (Å²) < 4.78 is 5.58. The van der Waals surface area contributed by atoms with Gasteiger partial charge in [-0.25, -0.2) is 0 Å². The second-order valence-electron chi connectivity index (χ2n) is 3.61. The molecule has 0 bridgehead atoms. The van der Waals surface area contributed by atoms with Crippen LogP contribution in [0.5, 0.6) is 0 Å². The fraction of sp³-hybridized carbons (Fsp3) is 1.00. The summed E-state index contributed by atoms with van der Waals surface area (Å²) in [4.78, 5) is 2.35.